The fourth-order valence-corrected chi connectivity index (χ4v) is 2.78. The normalized spacial score (nSPS) is 17.5. The lowest BCUT2D eigenvalue weighted by Crippen LogP contribution is -2.14. The topological polar surface area (TPSA) is 9.23 Å². The van der Waals surface area contributed by atoms with Crippen LogP contribution in [0.5, 0.6) is 5.75 Å². The minimum atomic E-state index is 0.407. The molecule has 0 unspecified atom stereocenters. The van der Waals surface area contributed by atoms with Crippen LogP contribution in [0.15, 0.2) is 22.7 Å². The van der Waals surface area contributed by atoms with Gasteiger partial charge in [-0.15, -0.1) is 0 Å². The van der Waals surface area contributed by atoms with Crippen molar-refractivity contribution in [1.82, 2.24) is 0 Å². The van der Waals surface area contributed by atoms with E-state index in [1.165, 1.54) is 18.4 Å². The molecule has 15 heavy (non-hydrogen) atoms. The first-order valence-electron chi connectivity index (χ1n) is 5.10. The SMILES string of the molecule is Cc1ccc(OCC2(CBr)CC2)c(Br)c1. The molecule has 0 spiro atoms. The van der Waals surface area contributed by atoms with Crippen molar-refractivity contribution in [2.45, 2.75) is 19.8 Å². The van der Waals surface area contributed by atoms with E-state index < -0.39 is 0 Å². The molecule has 82 valence electrons. The Morgan fingerprint density at radius 3 is 2.67 bits per heavy atom. The lowest BCUT2D eigenvalue weighted by molar-refractivity contribution is 0.250. The summed E-state index contributed by atoms with van der Waals surface area (Å²) in [4.78, 5) is 0. The van der Waals surface area contributed by atoms with Gasteiger partial charge in [0.25, 0.3) is 0 Å². The van der Waals surface area contributed by atoms with E-state index in [4.69, 9.17) is 4.74 Å². The first-order valence-corrected chi connectivity index (χ1v) is 7.02. The Morgan fingerprint density at radius 2 is 2.13 bits per heavy atom. The zero-order valence-electron chi connectivity index (χ0n) is 8.72. The van der Waals surface area contributed by atoms with Gasteiger partial charge in [0.2, 0.25) is 0 Å². The standard InChI is InChI=1S/C12H14Br2O/c1-9-2-3-11(10(14)6-9)15-8-12(7-13)4-5-12/h2-3,6H,4-5,7-8H2,1H3. The number of ether oxygens (including phenoxy) is 1. The summed E-state index contributed by atoms with van der Waals surface area (Å²) in [5, 5.41) is 1.05. The van der Waals surface area contributed by atoms with Crippen molar-refractivity contribution in [3.05, 3.63) is 28.2 Å². The summed E-state index contributed by atoms with van der Waals surface area (Å²) in [5.74, 6) is 0.952. The molecule has 0 aliphatic heterocycles. The highest BCUT2D eigenvalue weighted by Crippen LogP contribution is 2.47. The van der Waals surface area contributed by atoms with Crippen molar-refractivity contribution in [2.24, 2.45) is 5.41 Å². The molecule has 2 rings (SSSR count). The largest absolute Gasteiger partial charge is 0.492 e. The minimum absolute atomic E-state index is 0.407. The second kappa shape index (κ2) is 4.46. The summed E-state index contributed by atoms with van der Waals surface area (Å²) in [7, 11) is 0. The van der Waals surface area contributed by atoms with E-state index in [-0.39, 0.29) is 0 Å². The number of hydrogen-bond donors (Lipinski definition) is 0. The van der Waals surface area contributed by atoms with Crippen LogP contribution in [0.25, 0.3) is 0 Å². The van der Waals surface area contributed by atoms with E-state index in [1.54, 1.807) is 0 Å². The summed E-state index contributed by atoms with van der Waals surface area (Å²) in [5.41, 5.74) is 1.65. The number of hydrogen-bond acceptors (Lipinski definition) is 1. The summed E-state index contributed by atoms with van der Waals surface area (Å²) >= 11 is 7.07. The third kappa shape index (κ3) is 2.76. The van der Waals surface area contributed by atoms with Crippen LogP contribution in [0.2, 0.25) is 0 Å². The molecule has 0 heterocycles. The number of aryl methyl sites for hydroxylation is 1. The zero-order valence-corrected chi connectivity index (χ0v) is 11.9. The molecule has 0 saturated heterocycles. The summed E-state index contributed by atoms with van der Waals surface area (Å²) in [6.45, 7) is 2.90. The van der Waals surface area contributed by atoms with Gasteiger partial charge in [-0.05, 0) is 53.4 Å². The highest BCUT2D eigenvalue weighted by Gasteiger charge is 2.42. The van der Waals surface area contributed by atoms with Gasteiger partial charge in [0.1, 0.15) is 5.75 Å². The van der Waals surface area contributed by atoms with Gasteiger partial charge in [0.05, 0.1) is 11.1 Å². The van der Waals surface area contributed by atoms with Crippen molar-refractivity contribution in [2.75, 3.05) is 11.9 Å². The van der Waals surface area contributed by atoms with Crippen molar-refractivity contribution < 1.29 is 4.74 Å². The van der Waals surface area contributed by atoms with Gasteiger partial charge in [-0.3, -0.25) is 0 Å². The fraction of sp³-hybridized carbons (Fsp3) is 0.500. The number of rotatable bonds is 4. The Morgan fingerprint density at radius 1 is 1.40 bits per heavy atom. The van der Waals surface area contributed by atoms with Crippen LogP contribution in [-0.2, 0) is 0 Å². The molecular formula is C12H14Br2O. The van der Waals surface area contributed by atoms with Gasteiger partial charge in [-0.2, -0.15) is 0 Å². The molecule has 0 atom stereocenters. The average molecular weight is 334 g/mol. The molecule has 1 nitrogen and oxygen atoms in total. The lowest BCUT2D eigenvalue weighted by atomic mass is 10.2. The molecule has 1 aromatic carbocycles. The van der Waals surface area contributed by atoms with E-state index in [2.05, 4.69) is 50.9 Å². The van der Waals surface area contributed by atoms with Gasteiger partial charge in [0.15, 0.2) is 0 Å². The Labute approximate surface area is 107 Å². The molecule has 1 aliphatic rings. The first kappa shape index (κ1) is 11.5. The van der Waals surface area contributed by atoms with Gasteiger partial charge < -0.3 is 4.74 Å². The Hall–Kier alpha value is -0.0200. The third-order valence-electron chi connectivity index (χ3n) is 2.86. The Bertz CT molecular complexity index is 359. The summed E-state index contributed by atoms with van der Waals surface area (Å²) in [6.07, 6.45) is 2.56. The maximum absolute atomic E-state index is 5.83. The monoisotopic (exact) mass is 332 g/mol. The maximum Gasteiger partial charge on any atom is 0.133 e. The molecule has 1 aromatic rings. The van der Waals surface area contributed by atoms with E-state index >= 15 is 0 Å². The van der Waals surface area contributed by atoms with Crippen LogP contribution in [0, 0.1) is 12.3 Å². The second-order valence-corrected chi connectivity index (χ2v) is 5.77. The molecule has 0 N–H and O–H groups in total. The van der Waals surface area contributed by atoms with Gasteiger partial charge in [0, 0.05) is 10.7 Å². The third-order valence-corrected chi connectivity index (χ3v) is 4.67. The van der Waals surface area contributed by atoms with Crippen molar-refractivity contribution in [1.29, 1.82) is 0 Å². The molecule has 0 aromatic heterocycles. The van der Waals surface area contributed by atoms with Crippen molar-refractivity contribution in [3.8, 4) is 5.75 Å². The average Bonchev–Trinajstić information content (AvgIpc) is 2.97. The van der Waals surface area contributed by atoms with Gasteiger partial charge in [-0.1, -0.05) is 22.0 Å². The quantitative estimate of drug-likeness (QED) is 0.746. The Kier molecular flexibility index (Phi) is 3.41. The molecule has 1 saturated carbocycles. The predicted molar refractivity (Wildman–Crippen MR) is 69.8 cm³/mol. The molecule has 0 bridgehead atoms. The number of halogens is 2. The van der Waals surface area contributed by atoms with Crippen LogP contribution >= 0.6 is 31.9 Å². The molecule has 1 fully saturated rings. The van der Waals surface area contributed by atoms with Crippen molar-refractivity contribution >= 4 is 31.9 Å². The maximum atomic E-state index is 5.83. The molecule has 3 heteroatoms. The van der Waals surface area contributed by atoms with Gasteiger partial charge >= 0.3 is 0 Å². The van der Waals surface area contributed by atoms with E-state index in [9.17, 15) is 0 Å². The number of alkyl halides is 1. The molecule has 0 radical (unpaired) electrons. The fourth-order valence-electron chi connectivity index (χ4n) is 1.45. The molecular weight excluding hydrogens is 320 g/mol. The molecule has 0 amide bonds. The van der Waals surface area contributed by atoms with Crippen LogP contribution in [0.4, 0.5) is 0 Å². The van der Waals surface area contributed by atoms with Crippen LogP contribution < -0.4 is 4.74 Å². The van der Waals surface area contributed by atoms with Crippen molar-refractivity contribution in [3.63, 3.8) is 0 Å². The van der Waals surface area contributed by atoms with Crippen LogP contribution in [-0.4, -0.2) is 11.9 Å². The summed E-state index contributed by atoms with van der Waals surface area (Å²) in [6, 6.07) is 6.20. The van der Waals surface area contributed by atoms with Gasteiger partial charge in [-0.25, -0.2) is 0 Å². The zero-order chi connectivity index (χ0) is 10.9. The second-order valence-electron chi connectivity index (χ2n) is 4.36. The highest BCUT2D eigenvalue weighted by molar-refractivity contribution is 9.10. The minimum Gasteiger partial charge on any atom is -0.492 e. The first-order chi connectivity index (χ1) is 7.15. The predicted octanol–water partition coefficient (Wildman–Crippen LogP) is 4.31. The number of benzene rings is 1. The van der Waals surface area contributed by atoms with Crippen LogP contribution in [0.3, 0.4) is 0 Å². The van der Waals surface area contributed by atoms with E-state index in [0.717, 1.165) is 22.2 Å². The molecule has 1 aliphatic carbocycles. The summed E-state index contributed by atoms with van der Waals surface area (Å²) < 4.78 is 6.88. The Balaban J connectivity index is 1.99. The van der Waals surface area contributed by atoms with E-state index in [1.807, 2.05) is 6.07 Å². The smallest absolute Gasteiger partial charge is 0.133 e. The van der Waals surface area contributed by atoms with E-state index in [0.29, 0.717) is 5.41 Å². The van der Waals surface area contributed by atoms with Crippen LogP contribution in [0.1, 0.15) is 18.4 Å². The lowest BCUT2D eigenvalue weighted by Gasteiger charge is -2.14. The highest BCUT2D eigenvalue weighted by atomic mass is 79.9.